The molecule has 10 heteroatoms. The molecule has 10 nitrogen and oxygen atoms in total. The lowest BCUT2D eigenvalue weighted by Gasteiger charge is -2.27. The molecule has 0 aliphatic carbocycles. The van der Waals surface area contributed by atoms with Crippen LogP contribution in [0.2, 0.25) is 0 Å². The number of hydrogen-bond donors (Lipinski definition) is 1. The Hall–Kier alpha value is -3.27. The summed E-state index contributed by atoms with van der Waals surface area (Å²) in [7, 11) is 0. The molecule has 2 aromatic rings. The second kappa shape index (κ2) is 8.17. The number of ether oxygens (including phenoxy) is 1. The molecule has 0 bridgehead atoms. The van der Waals surface area contributed by atoms with Crippen LogP contribution in [-0.2, 0) is 11.3 Å². The molecule has 28 heavy (non-hydrogen) atoms. The second-order valence-corrected chi connectivity index (χ2v) is 6.34. The summed E-state index contributed by atoms with van der Waals surface area (Å²) < 4.78 is 6.82. The van der Waals surface area contributed by atoms with Crippen LogP contribution in [0.15, 0.2) is 24.4 Å². The summed E-state index contributed by atoms with van der Waals surface area (Å²) in [5.41, 5.74) is 1.19. The first-order valence-corrected chi connectivity index (χ1v) is 8.91. The predicted molar refractivity (Wildman–Crippen MR) is 100 cm³/mol. The second-order valence-electron chi connectivity index (χ2n) is 6.34. The number of amides is 2. The Morgan fingerprint density at radius 1 is 1.32 bits per heavy atom. The lowest BCUT2D eigenvalue weighted by molar-refractivity contribution is -0.385. The normalized spacial score (nSPS) is 14.0. The van der Waals surface area contributed by atoms with Gasteiger partial charge in [0.05, 0.1) is 30.0 Å². The van der Waals surface area contributed by atoms with Gasteiger partial charge in [-0.2, -0.15) is 5.10 Å². The van der Waals surface area contributed by atoms with Gasteiger partial charge in [-0.3, -0.25) is 24.4 Å². The van der Waals surface area contributed by atoms with E-state index in [4.69, 9.17) is 4.74 Å². The number of benzene rings is 1. The third-order valence-corrected chi connectivity index (χ3v) is 4.54. The molecule has 1 aromatic heterocycles. The van der Waals surface area contributed by atoms with Crippen LogP contribution in [0.25, 0.3) is 0 Å². The summed E-state index contributed by atoms with van der Waals surface area (Å²) in [6.45, 7) is 5.78. The average Bonchev–Trinajstić information content (AvgIpc) is 3.10. The highest BCUT2D eigenvalue weighted by Gasteiger charge is 2.26. The van der Waals surface area contributed by atoms with Gasteiger partial charge in [0.1, 0.15) is 5.69 Å². The zero-order valence-corrected chi connectivity index (χ0v) is 15.7. The summed E-state index contributed by atoms with van der Waals surface area (Å²) in [6.07, 6.45) is 1.44. The summed E-state index contributed by atoms with van der Waals surface area (Å²) in [4.78, 5) is 37.7. The first-order valence-electron chi connectivity index (χ1n) is 8.91. The standard InChI is InChI=1S/C18H21N5O5/c1-3-22-16(18(25)21-6-8-28-9-7-21)14(11-19-22)20-17(24)13-4-5-15(23(26)27)12(2)10-13/h4-5,10-11H,3,6-9H2,1-2H3,(H,20,24). The molecule has 148 valence electrons. The molecular weight excluding hydrogens is 366 g/mol. The maximum absolute atomic E-state index is 12.9. The van der Waals surface area contributed by atoms with Crippen LogP contribution >= 0.6 is 0 Å². The lowest BCUT2D eigenvalue weighted by Crippen LogP contribution is -2.41. The predicted octanol–water partition coefficient (Wildman–Crippen LogP) is 1.84. The molecular formula is C18H21N5O5. The van der Waals surface area contributed by atoms with E-state index < -0.39 is 10.8 Å². The fourth-order valence-corrected chi connectivity index (χ4v) is 3.05. The molecule has 1 aliphatic heterocycles. The van der Waals surface area contributed by atoms with Crippen LogP contribution in [0, 0.1) is 17.0 Å². The molecule has 1 aromatic carbocycles. The van der Waals surface area contributed by atoms with E-state index in [-0.39, 0.29) is 17.2 Å². The molecule has 0 radical (unpaired) electrons. The zero-order chi connectivity index (χ0) is 20.3. The number of morpholine rings is 1. The number of nitro groups is 1. The number of aryl methyl sites for hydroxylation is 2. The van der Waals surface area contributed by atoms with Crippen molar-refractivity contribution >= 4 is 23.2 Å². The van der Waals surface area contributed by atoms with Gasteiger partial charge >= 0.3 is 0 Å². The van der Waals surface area contributed by atoms with E-state index in [2.05, 4.69) is 10.4 Å². The summed E-state index contributed by atoms with van der Waals surface area (Å²) >= 11 is 0. The smallest absolute Gasteiger partial charge is 0.274 e. The Labute approximate surface area is 161 Å². The number of anilines is 1. The Bertz CT molecular complexity index is 917. The molecule has 0 unspecified atom stereocenters. The lowest BCUT2D eigenvalue weighted by atomic mass is 10.1. The van der Waals surface area contributed by atoms with Gasteiger partial charge in [0.15, 0.2) is 0 Å². The van der Waals surface area contributed by atoms with Crippen molar-refractivity contribution in [3.63, 3.8) is 0 Å². The first-order chi connectivity index (χ1) is 13.4. The average molecular weight is 387 g/mol. The van der Waals surface area contributed by atoms with Gasteiger partial charge in [-0.1, -0.05) is 0 Å². The fourth-order valence-electron chi connectivity index (χ4n) is 3.05. The van der Waals surface area contributed by atoms with Crippen molar-refractivity contribution in [3.8, 4) is 0 Å². The Balaban J connectivity index is 1.85. The molecule has 3 rings (SSSR count). The van der Waals surface area contributed by atoms with Crippen LogP contribution in [0.1, 0.15) is 33.3 Å². The van der Waals surface area contributed by atoms with Crippen molar-refractivity contribution < 1.29 is 19.2 Å². The molecule has 1 aliphatic rings. The van der Waals surface area contributed by atoms with Gasteiger partial charge in [0.2, 0.25) is 0 Å². The van der Waals surface area contributed by atoms with Gasteiger partial charge in [-0.25, -0.2) is 0 Å². The van der Waals surface area contributed by atoms with Crippen LogP contribution in [0.5, 0.6) is 0 Å². The number of hydrogen-bond acceptors (Lipinski definition) is 6. The zero-order valence-electron chi connectivity index (χ0n) is 15.7. The Kier molecular flexibility index (Phi) is 5.69. The van der Waals surface area contributed by atoms with Crippen molar-refractivity contribution in [2.45, 2.75) is 20.4 Å². The third kappa shape index (κ3) is 3.86. The SMILES string of the molecule is CCn1ncc(NC(=O)c2ccc([N+](=O)[O-])c(C)c2)c1C(=O)N1CCOCC1. The van der Waals surface area contributed by atoms with Gasteiger partial charge < -0.3 is 15.0 Å². The van der Waals surface area contributed by atoms with Gasteiger partial charge in [0, 0.05) is 36.8 Å². The number of nitrogens with zero attached hydrogens (tertiary/aromatic N) is 4. The maximum Gasteiger partial charge on any atom is 0.274 e. The van der Waals surface area contributed by atoms with Gasteiger partial charge in [-0.05, 0) is 26.0 Å². The molecule has 1 fully saturated rings. The number of nitro benzene ring substituents is 1. The minimum Gasteiger partial charge on any atom is -0.378 e. The van der Waals surface area contributed by atoms with Crippen molar-refractivity contribution in [2.24, 2.45) is 0 Å². The Morgan fingerprint density at radius 3 is 2.64 bits per heavy atom. The van der Waals surface area contributed by atoms with E-state index in [0.717, 1.165) is 0 Å². The van der Waals surface area contributed by atoms with Gasteiger partial charge in [0.25, 0.3) is 17.5 Å². The molecule has 0 atom stereocenters. The van der Waals surface area contributed by atoms with Crippen LogP contribution in [0.4, 0.5) is 11.4 Å². The number of aromatic nitrogens is 2. The Morgan fingerprint density at radius 2 is 2.04 bits per heavy atom. The highest BCUT2D eigenvalue weighted by Crippen LogP contribution is 2.22. The van der Waals surface area contributed by atoms with Crippen LogP contribution in [-0.4, -0.2) is 57.7 Å². The van der Waals surface area contributed by atoms with E-state index in [0.29, 0.717) is 49.8 Å². The molecule has 0 spiro atoms. The van der Waals surface area contributed by atoms with E-state index in [1.165, 1.54) is 29.1 Å². The molecule has 1 saturated heterocycles. The first kappa shape index (κ1) is 19.5. The quantitative estimate of drug-likeness (QED) is 0.617. The van der Waals surface area contributed by atoms with Crippen LogP contribution < -0.4 is 5.32 Å². The van der Waals surface area contributed by atoms with Crippen molar-refractivity contribution in [1.29, 1.82) is 0 Å². The van der Waals surface area contributed by atoms with Crippen molar-refractivity contribution in [3.05, 3.63) is 51.3 Å². The minimum absolute atomic E-state index is 0.0569. The topological polar surface area (TPSA) is 120 Å². The highest BCUT2D eigenvalue weighted by molar-refractivity contribution is 6.08. The summed E-state index contributed by atoms with van der Waals surface area (Å²) in [5.74, 6) is -0.692. The van der Waals surface area contributed by atoms with Crippen molar-refractivity contribution in [2.75, 3.05) is 31.6 Å². The van der Waals surface area contributed by atoms with E-state index >= 15 is 0 Å². The van der Waals surface area contributed by atoms with E-state index in [1.54, 1.807) is 11.8 Å². The summed E-state index contributed by atoms with van der Waals surface area (Å²) in [6, 6.07) is 4.12. The number of carbonyl (C=O) groups excluding carboxylic acids is 2. The molecule has 2 amide bonds. The third-order valence-electron chi connectivity index (χ3n) is 4.54. The van der Waals surface area contributed by atoms with E-state index in [1.807, 2.05) is 6.92 Å². The molecule has 2 heterocycles. The number of carbonyl (C=O) groups is 2. The van der Waals surface area contributed by atoms with Crippen LogP contribution in [0.3, 0.4) is 0 Å². The summed E-state index contributed by atoms with van der Waals surface area (Å²) in [5, 5.41) is 17.8. The highest BCUT2D eigenvalue weighted by atomic mass is 16.6. The maximum atomic E-state index is 12.9. The fraction of sp³-hybridized carbons (Fsp3) is 0.389. The number of rotatable bonds is 5. The monoisotopic (exact) mass is 387 g/mol. The van der Waals surface area contributed by atoms with Crippen molar-refractivity contribution in [1.82, 2.24) is 14.7 Å². The molecule has 1 N–H and O–H groups in total. The molecule has 0 saturated carbocycles. The largest absolute Gasteiger partial charge is 0.378 e. The van der Waals surface area contributed by atoms with E-state index in [9.17, 15) is 19.7 Å². The van der Waals surface area contributed by atoms with Gasteiger partial charge in [-0.15, -0.1) is 0 Å². The number of nitrogens with one attached hydrogen (secondary N) is 1. The minimum atomic E-state index is -0.499.